The second-order valence-electron chi connectivity index (χ2n) is 12.1. The van der Waals surface area contributed by atoms with Crippen LogP contribution in [0.3, 0.4) is 0 Å². The summed E-state index contributed by atoms with van der Waals surface area (Å²) in [5.41, 5.74) is 0.367. The van der Waals surface area contributed by atoms with Crippen molar-refractivity contribution in [3.05, 3.63) is 47.6 Å². The fraction of sp³-hybridized carbons (Fsp3) is 0.667. The van der Waals surface area contributed by atoms with Gasteiger partial charge in [-0.2, -0.15) is 8.42 Å². The average molecular weight is 593 g/mol. The molecule has 1 saturated carbocycles. The molecule has 1 spiro atoms. The van der Waals surface area contributed by atoms with Crippen molar-refractivity contribution in [1.29, 1.82) is 0 Å². The quantitative estimate of drug-likeness (QED) is 0.279. The van der Waals surface area contributed by atoms with Gasteiger partial charge in [0.05, 0.1) is 12.4 Å². The lowest BCUT2D eigenvalue weighted by atomic mass is 9.57. The van der Waals surface area contributed by atoms with Crippen LogP contribution in [-0.2, 0) is 42.8 Å². The number of rotatable bonds is 6. The lowest BCUT2D eigenvalue weighted by Gasteiger charge is -2.49. The first-order valence-electron chi connectivity index (χ1n) is 14.2. The summed E-state index contributed by atoms with van der Waals surface area (Å²) in [6.07, 6.45) is 8.15. The number of methoxy groups -OCH3 is 1. The molecule has 5 aliphatic rings. The van der Waals surface area contributed by atoms with E-state index >= 15 is 0 Å². The molecule has 3 aliphatic carbocycles. The van der Waals surface area contributed by atoms with E-state index in [-0.39, 0.29) is 24.2 Å². The summed E-state index contributed by atoms with van der Waals surface area (Å²) in [4.78, 5) is 26.3. The Hall–Kier alpha value is -2.31. The molecular weight excluding hydrogens is 552 g/mol. The molecule has 0 amide bonds. The minimum Gasteiger partial charge on any atom is -0.457 e. The second kappa shape index (κ2) is 11.1. The zero-order valence-electron chi connectivity index (χ0n) is 24.3. The van der Waals surface area contributed by atoms with E-state index in [1.165, 1.54) is 7.11 Å². The zero-order chi connectivity index (χ0) is 29.9. The van der Waals surface area contributed by atoms with Crippen LogP contribution in [0.4, 0.5) is 0 Å². The highest BCUT2D eigenvalue weighted by molar-refractivity contribution is 7.86. The van der Waals surface area contributed by atoms with Gasteiger partial charge < -0.3 is 24.1 Å². The third kappa shape index (κ3) is 5.24. The molecule has 1 N–H and O–H groups in total. The van der Waals surface area contributed by atoms with Crippen LogP contribution in [0.1, 0.15) is 40.5 Å². The number of allylic oxidation sites excluding steroid dienone is 3. The van der Waals surface area contributed by atoms with Gasteiger partial charge in [-0.15, -0.1) is 0 Å². The maximum atomic E-state index is 13.3. The lowest BCUT2D eigenvalue weighted by molar-refractivity contribution is -0.172. The normalized spacial score (nSPS) is 43.8. The molecule has 1 saturated heterocycles. The van der Waals surface area contributed by atoms with Crippen molar-refractivity contribution < 1.29 is 46.2 Å². The molecule has 226 valence electrons. The summed E-state index contributed by atoms with van der Waals surface area (Å²) < 4.78 is 53.4. The molecule has 5 rings (SSSR count). The molecule has 0 radical (unpaired) electrons. The number of aliphatic hydroxyl groups is 1. The van der Waals surface area contributed by atoms with Gasteiger partial charge in [0.2, 0.25) is 0 Å². The van der Waals surface area contributed by atoms with Gasteiger partial charge in [0.25, 0.3) is 10.1 Å². The largest absolute Gasteiger partial charge is 0.457 e. The summed E-state index contributed by atoms with van der Waals surface area (Å²) in [6.45, 7) is 7.17. The highest BCUT2D eigenvalue weighted by Crippen LogP contribution is 2.61. The first-order valence-corrected chi connectivity index (χ1v) is 16.0. The highest BCUT2D eigenvalue weighted by Gasteiger charge is 2.69. The van der Waals surface area contributed by atoms with E-state index in [1.54, 1.807) is 13.0 Å². The predicted octanol–water partition coefficient (Wildman–Crippen LogP) is 2.63. The molecule has 41 heavy (non-hydrogen) atoms. The van der Waals surface area contributed by atoms with Gasteiger partial charge in [-0.3, -0.25) is 4.18 Å². The summed E-state index contributed by atoms with van der Waals surface area (Å²) in [5.74, 6) is -2.85. The smallest absolute Gasteiger partial charge is 0.335 e. The van der Waals surface area contributed by atoms with Gasteiger partial charge in [-0.05, 0) is 32.3 Å². The minimum atomic E-state index is -3.82. The van der Waals surface area contributed by atoms with Crippen molar-refractivity contribution in [2.24, 2.45) is 29.6 Å². The molecule has 12 atom stereocenters. The van der Waals surface area contributed by atoms with Crippen LogP contribution in [0.15, 0.2) is 47.6 Å². The first-order chi connectivity index (χ1) is 19.3. The summed E-state index contributed by atoms with van der Waals surface area (Å²) >= 11 is 0. The average Bonchev–Trinajstić information content (AvgIpc) is 3.50. The van der Waals surface area contributed by atoms with Crippen LogP contribution >= 0.6 is 0 Å². The molecule has 3 unspecified atom stereocenters. The Bertz CT molecular complexity index is 1300. The number of esters is 2. The molecule has 4 bridgehead atoms. The van der Waals surface area contributed by atoms with Crippen molar-refractivity contribution in [3.8, 4) is 0 Å². The summed E-state index contributed by atoms with van der Waals surface area (Å²) in [7, 11) is -2.40. The van der Waals surface area contributed by atoms with Crippen LogP contribution in [-0.4, -0.2) is 81.1 Å². The number of hydrogen-bond acceptors (Lipinski definition) is 10. The maximum absolute atomic E-state index is 13.3. The minimum absolute atomic E-state index is 0.208. The SMILES string of the molecule is CO[C@H]1C[C@H]2C=CC3C4C(O)[C@@H](C)[C@@H](OC(=O)C5=CC=CC5)[C@@H]3O[C@]42/C(C)=C/[C@@H](C)[C@@H]([C@@H](C)OS(C)(=O)=O)OC1=O. The topological polar surface area (TPSA) is 135 Å². The van der Waals surface area contributed by atoms with Crippen LogP contribution in [0.25, 0.3) is 0 Å². The third-order valence-corrected chi connectivity index (χ3v) is 10.1. The zero-order valence-corrected chi connectivity index (χ0v) is 25.1. The van der Waals surface area contributed by atoms with Gasteiger partial charge in [-0.25, -0.2) is 9.59 Å². The Morgan fingerprint density at radius 2 is 1.98 bits per heavy atom. The summed E-state index contributed by atoms with van der Waals surface area (Å²) in [5, 5.41) is 11.8. The standard InChI is InChI=1S/C30H40O10S/c1-15-13-16(2)30-20(14-22(36-5)29(33)37-25(15)18(4)40-41(6,34)35)11-12-21-23(30)24(31)17(3)26(27(21)39-30)38-28(32)19-9-7-8-10-19/h7-9,11-13,15,17-18,20-27,31H,10,14H2,1-6H3/b16-13+/t15-,17-,18-,20-,21?,22+,23?,24?,25+,26-,27-,30+/m1/s1. The number of aliphatic hydroxyl groups excluding tert-OH is 1. The number of carbonyl (C=O) groups excluding carboxylic acids is 2. The Labute approximate surface area is 241 Å². The monoisotopic (exact) mass is 592 g/mol. The van der Waals surface area contributed by atoms with Crippen LogP contribution in [0.2, 0.25) is 0 Å². The number of carbonyl (C=O) groups is 2. The predicted molar refractivity (Wildman–Crippen MR) is 148 cm³/mol. The molecule has 2 aliphatic heterocycles. The second-order valence-corrected chi connectivity index (χ2v) is 13.7. The lowest BCUT2D eigenvalue weighted by Crippen LogP contribution is -2.57. The molecule has 2 heterocycles. The highest BCUT2D eigenvalue weighted by atomic mass is 32.2. The molecule has 0 aromatic carbocycles. The third-order valence-electron chi connectivity index (χ3n) is 9.47. The van der Waals surface area contributed by atoms with Crippen molar-refractivity contribution >= 4 is 22.1 Å². The van der Waals surface area contributed by atoms with Crippen molar-refractivity contribution in [2.75, 3.05) is 13.4 Å². The molecule has 0 aromatic heterocycles. The molecule has 2 fully saturated rings. The Kier molecular flexibility index (Phi) is 8.14. The molecular formula is C30H40O10S. The van der Waals surface area contributed by atoms with Crippen molar-refractivity contribution in [1.82, 2.24) is 0 Å². The number of hydrogen-bond donors (Lipinski definition) is 1. The van der Waals surface area contributed by atoms with E-state index in [1.807, 2.05) is 51.2 Å². The van der Waals surface area contributed by atoms with E-state index in [9.17, 15) is 23.1 Å². The van der Waals surface area contributed by atoms with Gasteiger partial charge in [0.15, 0.2) is 6.10 Å². The number of cyclic esters (lactones) is 1. The fourth-order valence-electron chi connectivity index (χ4n) is 7.61. The van der Waals surface area contributed by atoms with E-state index in [0.29, 0.717) is 12.0 Å². The maximum Gasteiger partial charge on any atom is 0.335 e. The van der Waals surface area contributed by atoms with E-state index in [2.05, 4.69) is 0 Å². The molecule has 10 nitrogen and oxygen atoms in total. The van der Waals surface area contributed by atoms with Crippen molar-refractivity contribution in [2.45, 2.75) is 82.8 Å². The Morgan fingerprint density at radius 1 is 1.24 bits per heavy atom. The summed E-state index contributed by atoms with van der Waals surface area (Å²) in [6, 6.07) is 0. The van der Waals surface area contributed by atoms with E-state index in [0.717, 1.165) is 11.8 Å². The van der Waals surface area contributed by atoms with Gasteiger partial charge >= 0.3 is 11.9 Å². The van der Waals surface area contributed by atoms with Crippen LogP contribution in [0.5, 0.6) is 0 Å². The van der Waals surface area contributed by atoms with Gasteiger partial charge in [-0.1, -0.05) is 50.3 Å². The van der Waals surface area contributed by atoms with Gasteiger partial charge in [0, 0.05) is 42.3 Å². The van der Waals surface area contributed by atoms with Gasteiger partial charge in [0.1, 0.15) is 30.0 Å². The molecule has 11 heteroatoms. The Balaban J connectivity index is 1.55. The van der Waals surface area contributed by atoms with E-state index in [4.69, 9.17) is 23.1 Å². The fourth-order valence-corrected chi connectivity index (χ4v) is 8.27. The van der Waals surface area contributed by atoms with Crippen LogP contribution < -0.4 is 0 Å². The van der Waals surface area contributed by atoms with Crippen molar-refractivity contribution in [3.63, 3.8) is 0 Å². The van der Waals surface area contributed by atoms with Crippen LogP contribution in [0, 0.1) is 29.6 Å². The Morgan fingerprint density at radius 3 is 2.61 bits per heavy atom. The number of ether oxygens (including phenoxy) is 4. The molecule has 0 aromatic rings. The first kappa shape index (κ1) is 30.2. The van der Waals surface area contributed by atoms with E-state index < -0.39 is 76.1 Å².